The Morgan fingerprint density at radius 1 is 1.31 bits per heavy atom. The van der Waals surface area contributed by atoms with Crippen LogP contribution in [0, 0.1) is 0 Å². The Morgan fingerprint density at radius 2 is 2.15 bits per heavy atom. The quantitative estimate of drug-likeness (QED) is 0.689. The molecule has 4 amide bonds. The fraction of sp³-hybridized carbons (Fsp3) is 0.556. The van der Waals surface area contributed by atoms with Crippen molar-refractivity contribution in [2.45, 2.75) is 25.4 Å². The Balaban J connectivity index is 1.35. The van der Waals surface area contributed by atoms with Gasteiger partial charge in [0.15, 0.2) is 0 Å². The van der Waals surface area contributed by atoms with Gasteiger partial charge in [-0.3, -0.25) is 0 Å². The van der Waals surface area contributed by atoms with Crippen molar-refractivity contribution in [1.82, 2.24) is 15.5 Å². The monoisotopic (exact) mass is 362 g/mol. The molecule has 2 fully saturated rings. The first-order valence-corrected chi connectivity index (χ1v) is 9.13. The van der Waals surface area contributed by atoms with Crippen LogP contribution in [0.4, 0.5) is 15.3 Å². The molecule has 8 heteroatoms. The van der Waals surface area contributed by atoms with Crippen LogP contribution in [0.15, 0.2) is 24.3 Å². The van der Waals surface area contributed by atoms with Crippen molar-refractivity contribution in [3.8, 4) is 5.75 Å². The molecule has 3 N–H and O–H groups in total. The standard InChI is InChI=1S/C18H26N4O4/c23-17(19-8-10-22-11-9-20-18(22)24)21-14-4-6-15(7-5-14)26-13-16-3-1-2-12-25-16/h4-7,16H,1-3,8-13H2,(H,20,24)(H2,19,21,23)/t16-/m1/s1. The number of urea groups is 2. The minimum absolute atomic E-state index is 0.0820. The van der Waals surface area contributed by atoms with E-state index in [1.54, 1.807) is 17.0 Å². The molecule has 0 spiro atoms. The lowest BCUT2D eigenvalue weighted by Crippen LogP contribution is -2.38. The van der Waals surface area contributed by atoms with Crippen molar-refractivity contribution in [1.29, 1.82) is 0 Å². The Hall–Kier alpha value is -2.48. The summed E-state index contributed by atoms with van der Waals surface area (Å²) in [6.45, 7) is 3.60. The molecule has 26 heavy (non-hydrogen) atoms. The van der Waals surface area contributed by atoms with Gasteiger partial charge in [0.2, 0.25) is 0 Å². The molecule has 0 bridgehead atoms. The van der Waals surface area contributed by atoms with E-state index in [9.17, 15) is 9.59 Å². The molecule has 0 aromatic heterocycles. The van der Waals surface area contributed by atoms with Gasteiger partial charge in [-0.05, 0) is 43.5 Å². The van der Waals surface area contributed by atoms with Gasteiger partial charge < -0.3 is 30.3 Å². The molecule has 1 aromatic carbocycles. The molecule has 1 atom stereocenters. The van der Waals surface area contributed by atoms with Crippen LogP contribution in [0.2, 0.25) is 0 Å². The van der Waals surface area contributed by atoms with Crippen molar-refractivity contribution in [3.05, 3.63) is 24.3 Å². The van der Waals surface area contributed by atoms with Gasteiger partial charge >= 0.3 is 12.1 Å². The second kappa shape index (κ2) is 9.28. The van der Waals surface area contributed by atoms with Crippen molar-refractivity contribution < 1.29 is 19.1 Å². The normalized spacial score (nSPS) is 19.8. The molecule has 0 radical (unpaired) electrons. The maximum atomic E-state index is 11.9. The largest absolute Gasteiger partial charge is 0.491 e. The average Bonchev–Trinajstić information content (AvgIpc) is 3.07. The molecule has 2 aliphatic heterocycles. The van der Waals surface area contributed by atoms with Crippen LogP contribution in [0.25, 0.3) is 0 Å². The maximum absolute atomic E-state index is 11.9. The third-order valence-electron chi connectivity index (χ3n) is 4.43. The van der Waals surface area contributed by atoms with E-state index in [0.717, 1.165) is 25.2 Å². The molecule has 0 unspecified atom stereocenters. The number of amides is 4. The van der Waals surface area contributed by atoms with Crippen LogP contribution in [-0.2, 0) is 4.74 Å². The molecule has 3 rings (SSSR count). The number of carbonyl (C=O) groups is 2. The third-order valence-corrected chi connectivity index (χ3v) is 4.43. The molecular weight excluding hydrogens is 336 g/mol. The Bertz CT molecular complexity index is 602. The van der Waals surface area contributed by atoms with Crippen LogP contribution in [0.3, 0.4) is 0 Å². The highest BCUT2D eigenvalue weighted by molar-refractivity contribution is 5.89. The number of benzene rings is 1. The lowest BCUT2D eigenvalue weighted by Gasteiger charge is -2.22. The van der Waals surface area contributed by atoms with Gasteiger partial charge in [-0.25, -0.2) is 9.59 Å². The van der Waals surface area contributed by atoms with Crippen molar-refractivity contribution in [3.63, 3.8) is 0 Å². The number of ether oxygens (including phenoxy) is 2. The van der Waals surface area contributed by atoms with Crippen LogP contribution < -0.4 is 20.7 Å². The topological polar surface area (TPSA) is 91.9 Å². The number of hydrogen-bond acceptors (Lipinski definition) is 4. The van der Waals surface area contributed by atoms with E-state index in [1.807, 2.05) is 12.1 Å². The van der Waals surface area contributed by atoms with E-state index >= 15 is 0 Å². The van der Waals surface area contributed by atoms with Crippen LogP contribution in [-0.4, -0.2) is 62.5 Å². The number of hydrogen-bond donors (Lipinski definition) is 3. The van der Waals surface area contributed by atoms with Gasteiger partial charge in [0.1, 0.15) is 12.4 Å². The summed E-state index contributed by atoms with van der Waals surface area (Å²) in [5, 5.41) is 8.23. The fourth-order valence-corrected chi connectivity index (χ4v) is 2.97. The van der Waals surface area contributed by atoms with Gasteiger partial charge in [0, 0.05) is 38.5 Å². The highest BCUT2D eigenvalue weighted by Crippen LogP contribution is 2.18. The first-order chi connectivity index (χ1) is 12.7. The molecule has 0 saturated carbocycles. The van der Waals surface area contributed by atoms with Crippen molar-refractivity contribution >= 4 is 17.7 Å². The highest BCUT2D eigenvalue weighted by Gasteiger charge is 2.18. The van der Waals surface area contributed by atoms with E-state index < -0.39 is 0 Å². The van der Waals surface area contributed by atoms with Crippen LogP contribution >= 0.6 is 0 Å². The van der Waals surface area contributed by atoms with Gasteiger partial charge in [0.05, 0.1) is 6.10 Å². The van der Waals surface area contributed by atoms with Gasteiger partial charge in [-0.15, -0.1) is 0 Å². The highest BCUT2D eigenvalue weighted by atomic mass is 16.5. The number of carbonyl (C=O) groups excluding carboxylic acids is 2. The lowest BCUT2D eigenvalue weighted by atomic mass is 10.1. The summed E-state index contributed by atoms with van der Waals surface area (Å²) in [7, 11) is 0. The van der Waals surface area contributed by atoms with Crippen LogP contribution in [0.5, 0.6) is 5.75 Å². The van der Waals surface area contributed by atoms with Gasteiger partial charge in [-0.2, -0.15) is 0 Å². The second-order valence-corrected chi connectivity index (χ2v) is 6.42. The molecule has 0 aliphatic carbocycles. The molecule has 142 valence electrons. The molecule has 1 aromatic rings. The average molecular weight is 362 g/mol. The zero-order valence-corrected chi connectivity index (χ0v) is 14.8. The number of anilines is 1. The Kier molecular flexibility index (Phi) is 6.54. The SMILES string of the molecule is O=C(NCCN1CCNC1=O)Nc1ccc(OC[C@H]2CCCCO2)cc1. The summed E-state index contributed by atoms with van der Waals surface area (Å²) >= 11 is 0. The summed E-state index contributed by atoms with van der Waals surface area (Å²) in [6, 6.07) is 6.87. The minimum atomic E-state index is -0.297. The van der Waals surface area contributed by atoms with E-state index in [0.29, 0.717) is 38.5 Å². The molecule has 2 aliphatic rings. The third kappa shape index (κ3) is 5.52. The second-order valence-electron chi connectivity index (χ2n) is 6.42. The summed E-state index contributed by atoms with van der Waals surface area (Å²) < 4.78 is 11.4. The summed E-state index contributed by atoms with van der Waals surface area (Å²) in [5.74, 6) is 0.755. The van der Waals surface area contributed by atoms with Crippen molar-refractivity contribution in [2.75, 3.05) is 44.7 Å². The number of nitrogens with one attached hydrogen (secondary N) is 3. The van der Waals surface area contributed by atoms with E-state index in [2.05, 4.69) is 16.0 Å². The first-order valence-electron chi connectivity index (χ1n) is 9.13. The van der Waals surface area contributed by atoms with Gasteiger partial charge in [-0.1, -0.05) is 0 Å². The maximum Gasteiger partial charge on any atom is 0.319 e. The first kappa shape index (κ1) is 18.3. The van der Waals surface area contributed by atoms with E-state index in [-0.39, 0.29) is 18.2 Å². The molecule has 8 nitrogen and oxygen atoms in total. The Labute approximate surface area is 153 Å². The molecule has 2 saturated heterocycles. The predicted molar refractivity (Wildman–Crippen MR) is 97.5 cm³/mol. The zero-order chi connectivity index (χ0) is 18.2. The van der Waals surface area contributed by atoms with Crippen molar-refractivity contribution in [2.24, 2.45) is 0 Å². The van der Waals surface area contributed by atoms with Crippen LogP contribution in [0.1, 0.15) is 19.3 Å². The summed E-state index contributed by atoms with van der Waals surface area (Å²) in [5.41, 5.74) is 0.683. The van der Waals surface area contributed by atoms with E-state index in [4.69, 9.17) is 9.47 Å². The number of nitrogens with zero attached hydrogens (tertiary/aromatic N) is 1. The molecular formula is C18H26N4O4. The summed E-state index contributed by atoms with van der Waals surface area (Å²) in [6.07, 6.45) is 3.53. The lowest BCUT2D eigenvalue weighted by molar-refractivity contribution is -0.0110. The Morgan fingerprint density at radius 3 is 2.85 bits per heavy atom. The van der Waals surface area contributed by atoms with Gasteiger partial charge in [0.25, 0.3) is 0 Å². The minimum Gasteiger partial charge on any atom is -0.491 e. The molecule has 2 heterocycles. The summed E-state index contributed by atoms with van der Waals surface area (Å²) in [4.78, 5) is 25.0. The smallest absolute Gasteiger partial charge is 0.319 e. The van der Waals surface area contributed by atoms with E-state index in [1.165, 1.54) is 6.42 Å². The zero-order valence-electron chi connectivity index (χ0n) is 14.8. The predicted octanol–water partition coefficient (Wildman–Crippen LogP) is 1.78. The number of rotatable bonds is 7. The fourth-order valence-electron chi connectivity index (χ4n) is 2.97.